The van der Waals surface area contributed by atoms with Gasteiger partial charge in [0.05, 0.1) is 4.47 Å². The van der Waals surface area contributed by atoms with Crippen LogP contribution in [-0.4, -0.2) is 43.1 Å². The molecule has 0 aromatic heterocycles. The highest BCUT2D eigenvalue weighted by Crippen LogP contribution is 2.25. The summed E-state index contributed by atoms with van der Waals surface area (Å²) in [5.41, 5.74) is 1.13. The predicted molar refractivity (Wildman–Crippen MR) is 104 cm³/mol. The maximum atomic E-state index is 12.7. The first-order valence-electron chi connectivity index (χ1n) is 8.25. The van der Waals surface area contributed by atoms with Crippen LogP contribution < -0.4 is 9.64 Å². The molecule has 0 spiro atoms. The van der Waals surface area contributed by atoms with E-state index in [1.807, 2.05) is 53.4 Å². The Morgan fingerprint density at radius 3 is 2.36 bits per heavy atom. The van der Waals surface area contributed by atoms with Crippen LogP contribution in [0.25, 0.3) is 0 Å². The van der Waals surface area contributed by atoms with Gasteiger partial charge in [-0.05, 0) is 59.3 Å². The standard InChI is InChI=1S/C19H20BrClN2O2/c1-14(25-18-5-3-2-4-17(18)20)19(24)23-12-10-22(11-13-23)16-8-6-15(21)7-9-16/h2-9,14H,10-13H2,1H3. The highest BCUT2D eigenvalue weighted by atomic mass is 79.9. The minimum Gasteiger partial charge on any atom is -0.480 e. The maximum absolute atomic E-state index is 12.7. The van der Waals surface area contributed by atoms with Crippen molar-refractivity contribution in [3.63, 3.8) is 0 Å². The van der Waals surface area contributed by atoms with Crippen LogP contribution in [0.5, 0.6) is 5.75 Å². The van der Waals surface area contributed by atoms with E-state index >= 15 is 0 Å². The summed E-state index contributed by atoms with van der Waals surface area (Å²) in [5, 5.41) is 0.732. The first kappa shape index (κ1) is 18.1. The van der Waals surface area contributed by atoms with E-state index in [9.17, 15) is 4.79 Å². The largest absolute Gasteiger partial charge is 0.480 e. The molecular formula is C19H20BrClN2O2. The predicted octanol–water partition coefficient (Wildman–Crippen LogP) is 4.22. The Labute approximate surface area is 161 Å². The Balaban J connectivity index is 1.56. The molecular weight excluding hydrogens is 404 g/mol. The van der Waals surface area contributed by atoms with Gasteiger partial charge in [0, 0.05) is 36.9 Å². The molecule has 1 saturated heterocycles. The van der Waals surface area contributed by atoms with Crippen LogP contribution in [0.3, 0.4) is 0 Å². The van der Waals surface area contributed by atoms with Gasteiger partial charge < -0.3 is 14.5 Å². The van der Waals surface area contributed by atoms with Crippen LogP contribution in [0.15, 0.2) is 53.0 Å². The van der Waals surface area contributed by atoms with Crippen molar-refractivity contribution in [3.8, 4) is 5.75 Å². The van der Waals surface area contributed by atoms with Crippen molar-refractivity contribution in [3.05, 3.63) is 58.0 Å². The Bertz CT molecular complexity index is 730. The van der Waals surface area contributed by atoms with E-state index in [-0.39, 0.29) is 5.91 Å². The topological polar surface area (TPSA) is 32.8 Å². The molecule has 1 aliphatic rings. The second kappa shape index (κ2) is 8.11. The van der Waals surface area contributed by atoms with E-state index in [1.165, 1.54) is 0 Å². The third kappa shape index (κ3) is 4.47. The summed E-state index contributed by atoms with van der Waals surface area (Å²) in [6.07, 6.45) is -0.513. The van der Waals surface area contributed by atoms with Crippen molar-refractivity contribution < 1.29 is 9.53 Å². The van der Waals surface area contributed by atoms with Crippen molar-refractivity contribution in [1.82, 2.24) is 4.90 Å². The zero-order chi connectivity index (χ0) is 17.8. The molecule has 6 heteroatoms. The smallest absolute Gasteiger partial charge is 0.263 e. The monoisotopic (exact) mass is 422 g/mol. The SMILES string of the molecule is CC(Oc1ccccc1Br)C(=O)N1CCN(c2ccc(Cl)cc2)CC1. The normalized spacial score (nSPS) is 15.8. The molecule has 1 fully saturated rings. The second-order valence-electron chi connectivity index (χ2n) is 5.98. The number of amides is 1. The fourth-order valence-corrected chi connectivity index (χ4v) is 3.38. The number of para-hydroxylation sites is 1. The fourth-order valence-electron chi connectivity index (χ4n) is 2.88. The molecule has 1 amide bonds. The lowest BCUT2D eigenvalue weighted by atomic mass is 10.2. The number of nitrogens with zero attached hydrogens (tertiary/aromatic N) is 2. The molecule has 1 atom stereocenters. The van der Waals surface area contributed by atoms with Gasteiger partial charge in [-0.2, -0.15) is 0 Å². The summed E-state index contributed by atoms with van der Waals surface area (Å²) in [6, 6.07) is 15.4. The van der Waals surface area contributed by atoms with Gasteiger partial charge >= 0.3 is 0 Å². The second-order valence-corrected chi connectivity index (χ2v) is 7.27. The molecule has 25 heavy (non-hydrogen) atoms. The van der Waals surface area contributed by atoms with Crippen molar-refractivity contribution in [2.24, 2.45) is 0 Å². The summed E-state index contributed by atoms with van der Waals surface area (Å²) >= 11 is 9.38. The van der Waals surface area contributed by atoms with E-state index in [0.29, 0.717) is 18.8 Å². The molecule has 1 aliphatic heterocycles. The first-order valence-corrected chi connectivity index (χ1v) is 9.42. The highest BCUT2D eigenvalue weighted by molar-refractivity contribution is 9.10. The molecule has 0 aliphatic carbocycles. The number of piperazine rings is 1. The van der Waals surface area contributed by atoms with E-state index in [2.05, 4.69) is 20.8 Å². The molecule has 4 nitrogen and oxygen atoms in total. The Kier molecular flexibility index (Phi) is 5.86. The molecule has 3 rings (SSSR count). The molecule has 0 saturated carbocycles. The number of hydrogen-bond acceptors (Lipinski definition) is 3. The van der Waals surface area contributed by atoms with Gasteiger partial charge in [0.2, 0.25) is 0 Å². The van der Waals surface area contributed by atoms with Gasteiger partial charge in [0.25, 0.3) is 5.91 Å². The first-order chi connectivity index (χ1) is 12.0. The van der Waals surface area contributed by atoms with Crippen LogP contribution in [0.2, 0.25) is 5.02 Å². The van der Waals surface area contributed by atoms with Gasteiger partial charge in [0.1, 0.15) is 5.75 Å². The minimum absolute atomic E-state index is 0.0199. The van der Waals surface area contributed by atoms with Crippen LogP contribution in [-0.2, 0) is 4.79 Å². The van der Waals surface area contributed by atoms with Crippen molar-refractivity contribution >= 4 is 39.1 Å². The van der Waals surface area contributed by atoms with Gasteiger partial charge in [0.15, 0.2) is 6.10 Å². The highest BCUT2D eigenvalue weighted by Gasteiger charge is 2.26. The molecule has 2 aromatic carbocycles. The van der Waals surface area contributed by atoms with E-state index < -0.39 is 6.10 Å². The van der Waals surface area contributed by atoms with E-state index in [0.717, 1.165) is 28.3 Å². The van der Waals surface area contributed by atoms with Crippen molar-refractivity contribution in [1.29, 1.82) is 0 Å². The van der Waals surface area contributed by atoms with Crippen molar-refractivity contribution in [2.45, 2.75) is 13.0 Å². The number of rotatable bonds is 4. The van der Waals surface area contributed by atoms with Gasteiger partial charge in [-0.1, -0.05) is 23.7 Å². The Hall–Kier alpha value is -1.72. The van der Waals surface area contributed by atoms with Crippen molar-refractivity contribution in [2.75, 3.05) is 31.1 Å². The number of hydrogen-bond donors (Lipinski definition) is 0. The summed E-state index contributed by atoms with van der Waals surface area (Å²) in [7, 11) is 0. The van der Waals surface area contributed by atoms with Crippen LogP contribution in [0, 0.1) is 0 Å². The lowest BCUT2D eigenvalue weighted by Crippen LogP contribution is -2.52. The lowest BCUT2D eigenvalue weighted by molar-refractivity contribution is -0.138. The number of anilines is 1. The number of ether oxygens (including phenoxy) is 1. The molecule has 132 valence electrons. The lowest BCUT2D eigenvalue weighted by Gasteiger charge is -2.37. The number of benzene rings is 2. The Morgan fingerprint density at radius 1 is 1.08 bits per heavy atom. The number of halogens is 2. The van der Waals surface area contributed by atoms with Crippen LogP contribution in [0.1, 0.15) is 6.92 Å². The molecule has 0 bridgehead atoms. The van der Waals surface area contributed by atoms with Gasteiger partial charge in [-0.3, -0.25) is 4.79 Å². The van der Waals surface area contributed by atoms with E-state index in [1.54, 1.807) is 6.92 Å². The quantitative estimate of drug-likeness (QED) is 0.738. The summed E-state index contributed by atoms with van der Waals surface area (Å²) in [5.74, 6) is 0.703. The summed E-state index contributed by atoms with van der Waals surface area (Å²) in [4.78, 5) is 16.8. The minimum atomic E-state index is -0.513. The third-order valence-corrected chi connectivity index (χ3v) is 5.18. The summed E-state index contributed by atoms with van der Waals surface area (Å²) in [6.45, 7) is 4.77. The molecule has 1 unspecified atom stereocenters. The number of carbonyl (C=O) groups excluding carboxylic acids is 1. The molecule has 0 radical (unpaired) electrons. The maximum Gasteiger partial charge on any atom is 0.263 e. The number of carbonyl (C=O) groups is 1. The zero-order valence-corrected chi connectivity index (χ0v) is 16.3. The fraction of sp³-hybridized carbons (Fsp3) is 0.316. The average molecular weight is 424 g/mol. The Morgan fingerprint density at radius 2 is 1.72 bits per heavy atom. The molecule has 1 heterocycles. The molecule has 2 aromatic rings. The average Bonchev–Trinajstić information content (AvgIpc) is 2.64. The van der Waals surface area contributed by atoms with E-state index in [4.69, 9.17) is 16.3 Å². The molecule has 0 N–H and O–H groups in total. The van der Waals surface area contributed by atoms with Gasteiger partial charge in [-0.25, -0.2) is 0 Å². The van der Waals surface area contributed by atoms with Crippen LogP contribution >= 0.6 is 27.5 Å². The van der Waals surface area contributed by atoms with Crippen LogP contribution in [0.4, 0.5) is 5.69 Å². The zero-order valence-electron chi connectivity index (χ0n) is 14.0. The third-order valence-electron chi connectivity index (χ3n) is 4.27. The van der Waals surface area contributed by atoms with Gasteiger partial charge in [-0.15, -0.1) is 0 Å². The summed E-state index contributed by atoms with van der Waals surface area (Å²) < 4.78 is 6.67.